The summed E-state index contributed by atoms with van der Waals surface area (Å²) >= 11 is 6.46. The number of amides is 1. The van der Waals surface area contributed by atoms with E-state index in [2.05, 4.69) is 10.3 Å². The van der Waals surface area contributed by atoms with Crippen LogP contribution in [-0.4, -0.2) is 24.1 Å². The summed E-state index contributed by atoms with van der Waals surface area (Å²) in [6, 6.07) is 18.8. The quantitative estimate of drug-likeness (QED) is 0.607. The molecule has 1 N–H and O–H groups in total. The summed E-state index contributed by atoms with van der Waals surface area (Å²) in [7, 11) is 0. The molecule has 5 nitrogen and oxygen atoms in total. The molecule has 1 fully saturated rings. The molecule has 1 aliphatic rings. The number of pyridine rings is 1. The van der Waals surface area contributed by atoms with E-state index in [1.165, 1.54) is 0 Å². The number of benzene rings is 2. The van der Waals surface area contributed by atoms with Gasteiger partial charge in [0.1, 0.15) is 12.4 Å². The van der Waals surface area contributed by atoms with E-state index in [9.17, 15) is 4.79 Å². The van der Waals surface area contributed by atoms with E-state index in [1.54, 1.807) is 12.4 Å². The highest BCUT2D eigenvalue weighted by molar-refractivity contribution is 6.31. The fourth-order valence-corrected chi connectivity index (χ4v) is 4.04. The molecule has 2 aromatic carbocycles. The van der Waals surface area contributed by atoms with Gasteiger partial charge in [0.25, 0.3) is 0 Å². The Morgan fingerprint density at radius 2 is 1.83 bits per heavy atom. The Balaban J connectivity index is 1.47. The van der Waals surface area contributed by atoms with E-state index >= 15 is 0 Å². The fraction of sp³-hybridized carbons (Fsp3) is 0.250. The standard InChI is InChI=1S/C24H23ClN2O3/c25-22-6-2-1-5-21(22)24(11-14-29-15-12-24)23(28)27-19-7-9-20(10-8-19)30-17-18-4-3-13-26-16-18/h1-10,13,16H,11-12,14-15,17H2,(H,27,28). The number of carbonyl (C=O) groups excluding carboxylic acids is 1. The summed E-state index contributed by atoms with van der Waals surface area (Å²) in [6.45, 7) is 1.49. The van der Waals surface area contributed by atoms with Gasteiger partial charge in [0.05, 0.1) is 5.41 Å². The second-order valence-electron chi connectivity index (χ2n) is 7.30. The van der Waals surface area contributed by atoms with Crippen LogP contribution in [0.3, 0.4) is 0 Å². The second kappa shape index (κ2) is 9.28. The van der Waals surface area contributed by atoms with Crippen molar-refractivity contribution in [3.8, 4) is 5.75 Å². The Morgan fingerprint density at radius 1 is 1.07 bits per heavy atom. The largest absolute Gasteiger partial charge is 0.489 e. The molecule has 0 atom stereocenters. The van der Waals surface area contributed by atoms with Gasteiger partial charge in [-0.25, -0.2) is 0 Å². The summed E-state index contributed by atoms with van der Waals surface area (Å²) in [5.41, 5.74) is 1.86. The molecule has 3 aromatic rings. The maximum atomic E-state index is 13.4. The molecule has 1 amide bonds. The second-order valence-corrected chi connectivity index (χ2v) is 7.71. The first kappa shape index (κ1) is 20.4. The Labute approximate surface area is 181 Å². The van der Waals surface area contributed by atoms with Crippen molar-refractivity contribution in [1.29, 1.82) is 0 Å². The maximum absolute atomic E-state index is 13.4. The molecular formula is C24H23ClN2O3. The molecule has 0 aliphatic carbocycles. The van der Waals surface area contributed by atoms with E-state index in [0.717, 1.165) is 16.9 Å². The minimum atomic E-state index is -0.702. The lowest BCUT2D eigenvalue weighted by Crippen LogP contribution is -2.45. The molecule has 1 aromatic heterocycles. The molecule has 0 unspecified atom stereocenters. The lowest BCUT2D eigenvalue weighted by Gasteiger charge is -2.36. The third-order valence-electron chi connectivity index (χ3n) is 5.41. The Hall–Kier alpha value is -2.89. The molecule has 1 aliphatic heterocycles. The fourth-order valence-electron chi connectivity index (χ4n) is 3.72. The number of anilines is 1. The van der Waals surface area contributed by atoms with Gasteiger partial charge < -0.3 is 14.8 Å². The van der Waals surface area contributed by atoms with Crippen LogP contribution in [0.25, 0.3) is 0 Å². The highest BCUT2D eigenvalue weighted by atomic mass is 35.5. The molecule has 0 saturated carbocycles. The number of rotatable bonds is 6. The number of nitrogens with one attached hydrogen (secondary N) is 1. The van der Waals surface area contributed by atoms with Gasteiger partial charge in [-0.05, 0) is 54.8 Å². The molecule has 0 radical (unpaired) electrons. The van der Waals surface area contributed by atoms with Gasteiger partial charge in [0.15, 0.2) is 0 Å². The van der Waals surface area contributed by atoms with Gasteiger partial charge in [0, 0.05) is 41.9 Å². The number of carbonyl (C=O) groups is 1. The van der Waals surface area contributed by atoms with Gasteiger partial charge in [-0.3, -0.25) is 9.78 Å². The summed E-state index contributed by atoms with van der Waals surface area (Å²) < 4.78 is 11.3. The number of aromatic nitrogens is 1. The van der Waals surface area contributed by atoms with Crippen molar-refractivity contribution in [3.63, 3.8) is 0 Å². The first-order chi connectivity index (χ1) is 14.7. The number of hydrogen-bond acceptors (Lipinski definition) is 4. The smallest absolute Gasteiger partial charge is 0.235 e. The van der Waals surface area contributed by atoms with Crippen molar-refractivity contribution in [3.05, 3.63) is 89.2 Å². The molecule has 30 heavy (non-hydrogen) atoms. The van der Waals surface area contributed by atoms with Crippen LogP contribution >= 0.6 is 11.6 Å². The predicted molar refractivity (Wildman–Crippen MR) is 117 cm³/mol. The number of nitrogens with zero attached hydrogens (tertiary/aromatic N) is 1. The summed E-state index contributed by atoms with van der Waals surface area (Å²) in [6.07, 6.45) is 4.69. The molecule has 0 spiro atoms. The molecule has 6 heteroatoms. The highest BCUT2D eigenvalue weighted by Crippen LogP contribution is 2.39. The van der Waals surface area contributed by atoms with Crippen LogP contribution in [0, 0.1) is 0 Å². The summed E-state index contributed by atoms with van der Waals surface area (Å²) in [5.74, 6) is 0.659. The number of ether oxygens (including phenoxy) is 2. The van der Waals surface area contributed by atoms with Crippen molar-refractivity contribution in [2.24, 2.45) is 0 Å². The normalized spacial score (nSPS) is 15.4. The minimum absolute atomic E-state index is 0.0667. The summed E-state index contributed by atoms with van der Waals surface area (Å²) in [5, 5.41) is 3.67. The third-order valence-corrected chi connectivity index (χ3v) is 5.74. The van der Waals surface area contributed by atoms with Crippen LogP contribution in [0.2, 0.25) is 5.02 Å². The highest BCUT2D eigenvalue weighted by Gasteiger charge is 2.43. The van der Waals surface area contributed by atoms with Crippen LogP contribution in [0.15, 0.2) is 73.1 Å². The first-order valence-corrected chi connectivity index (χ1v) is 10.3. The van der Waals surface area contributed by atoms with E-state index in [4.69, 9.17) is 21.1 Å². The van der Waals surface area contributed by atoms with Crippen LogP contribution in [-0.2, 0) is 21.6 Å². The molecule has 2 heterocycles. The number of hydrogen-bond donors (Lipinski definition) is 1. The molecule has 0 bridgehead atoms. The Morgan fingerprint density at radius 3 is 2.53 bits per heavy atom. The van der Waals surface area contributed by atoms with Crippen LogP contribution < -0.4 is 10.1 Å². The topological polar surface area (TPSA) is 60.5 Å². The van der Waals surface area contributed by atoms with Gasteiger partial charge in [0.2, 0.25) is 5.91 Å². The lowest BCUT2D eigenvalue weighted by molar-refractivity contribution is -0.125. The zero-order valence-corrected chi connectivity index (χ0v) is 17.3. The molecule has 1 saturated heterocycles. The van der Waals surface area contributed by atoms with Gasteiger partial charge >= 0.3 is 0 Å². The molecule has 4 rings (SSSR count). The van der Waals surface area contributed by atoms with Crippen LogP contribution in [0.1, 0.15) is 24.0 Å². The van der Waals surface area contributed by atoms with Crippen molar-refractivity contribution in [1.82, 2.24) is 4.98 Å². The molecular weight excluding hydrogens is 400 g/mol. The van der Waals surface area contributed by atoms with Gasteiger partial charge in [-0.1, -0.05) is 35.9 Å². The Kier molecular flexibility index (Phi) is 6.31. The zero-order valence-electron chi connectivity index (χ0n) is 16.5. The SMILES string of the molecule is O=C(Nc1ccc(OCc2cccnc2)cc1)C1(c2ccccc2Cl)CCOCC1. The monoisotopic (exact) mass is 422 g/mol. The van der Waals surface area contributed by atoms with Gasteiger partial charge in [-0.15, -0.1) is 0 Å². The van der Waals surface area contributed by atoms with E-state index in [-0.39, 0.29) is 5.91 Å². The minimum Gasteiger partial charge on any atom is -0.489 e. The van der Waals surface area contributed by atoms with E-state index in [0.29, 0.717) is 43.4 Å². The third kappa shape index (κ3) is 4.48. The predicted octanol–water partition coefficient (Wildman–Crippen LogP) is 5.00. The lowest BCUT2D eigenvalue weighted by atomic mass is 9.73. The van der Waals surface area contributed by atoms with Crippen LogP contribution in [0.4, 0.5) is 5.69 Å². The van der Waals surface area contributed by atoms with Gasteiger partial charge in [-0.2, -0.15) is 0 Å². The van der Waals surface area contributed by atoms with Crippen molar-refractivity contribution in [2.45, 2.75) is 24.9 Å². The first-order valence-electron chi connectivity index (χ1n) is 9.93. The maximum Gasteiger partial charge on any atom is 0.235 e. The zero-order chi connectivity index (χ0) is 20.8. The molecule has 154 valence electrons. The van der Waals surface area contributed by atoms with Crippen LogP contribution in [0.5, 0.6) is 5.75 Å². The van der Waals surface area contributed by atoms with Crippen molar-refractivity contribution < 1.29 is 14.3 Å². The average molecular weight is 423 g/mol. The average Bonchev–Trinajstić information content (AvgIpc) is 2.80. The van der Waals surface area contributed by atoms with Crippen molar-refractivity contribution >= 4 is 23.2 Å². The Bertz CT molecular complexity index is 987. The van der Waals surface area contributed by atoms with E-state index < -0.39 is 5.41 Å². The number of halogens is 1. The van der Waals surface area contributed by atoms with Crippen molar-refractivity contribution in [2.75, 3.05) is 18.5 Å². The van der Waals surface area contributed by atoms with E-state index in [1.807, 2.05) is 60.7 Å². The summed E-state index contributed by atoms with van der Waals surface area (Å²) in [4.78, 5) is 17.5.